The number of hydrogen-bond donors (Lipinski definition) is 0. The Kier molecular flexibility index (Phi) is 8.00. The average molecular weight is 563 g/mol. The fourth-order valence-electron chi connectivity index (χ4n) is 4.97. The van der Waals surface area contributed by atoms with Gasteiger partial charge in [0.05, 0.1) is 20.8 Å². The van der Waals surface area contributed by atoms with Crippen LogP contribution in [0.15, 0.2) is 48.5 Å². The number of para-hydroxylation sites is 1. The smallest absolute Gasteiger partial charge is 0.313 e. The number of esters is 1. The highest BCUT2D eigenvalue weighted by Gasteiger charge is 2.36. The minimum atomic E-state index is -0.616. The third-order valence-corrected chi connectivity index (χ3v) is 6.92. The van der Waals surface area contributed by atoms with E-state index in [-0.39, 0.29) is 13.0 Å². The van der Waals surface area contributed by atoms with Crippen LogP contribution >= 0.6 is 11.6 Å². The molecule has 1 aliphatic rings. The third kappa shape index (κ3) is 5.11. The number of tetrazole rings is 1. The van der Waals surface area contributed by atoms with Gasteiger partial charge < -0.3 is 23.8 Å². The van der Waals surface area contributed by atoms with Gasteiger partial charge in [0.2, 0.25) is 5.82 Å². The Bertz CT molecular complexity index is 1580. The van der Waals surface area contributed by atoms with E-state index >= 15 is 0 Å². The molecule has 11 nitrogen and oxygen atoms in total. The van der Waals surface area contributed by atoms with Crippen LogP contribution in [0.25, 0.3) is 10.5 Å². The van der Waals surface area contributed by atoms with E-state index in [9.17, 15) is 4.79 Å². The van der Waals surface area contributed by atoms with Crippen molar-refractivity contribution < 1.29 is 23.7 Å². The number of fused-ring (bicyclic) bond motifs is 3. The number of benzene rings is 2. The Morgan fingerprint density at radius 2 is 2.00 bits per heavy atom. The minimum absolute atomic E-state index is 0.0435. The van der Waals surface area contributed by atoms with Crippen LogP contribution in [0.3, 0.4) is 0 Å². The summed E-state index contributed by atoms with van der Waals surface area (Å²) in [6.45, 7) is 10.2. The van der Waals surface area contributed by atoms with Crippen molar-refractivity contribution >= 4 is 23.4 Å². The number of methoxy groups -OCH3 is 2. The molecule has 0 fully saturated rings. The zero-order valence-corrected chi connectivity index (χ0v) is 23.0. The topological polar surface area (TPSA) is 107 Å². The summed E-state index contributed by atoms with van der Waals surface area (Å²) in [5.74, 6) is 1.53. The van der Waals surface area contributed by atoms with Crippen molar-refractivity contribution in [1.29, 1.82) is 0 Å². The van der Waals surface area contributed by atoms with E-state index in [4.69, 9.17) is 37.1 Å². The lowest BCUT2D eigenvalue weighted by Crippen LogP contribution is -2.17. The molecule has 0 radical (unpaired) electrons. The fourth-order valence-corrected chi connectivity index (χ4v) is 5.15. The molecule has 2 aromatic heterocycles. The van der Waals surface area contributed by atoms with Crippen molar-refractivity contribution in [3.8, 4) is 17.2 Å². The average Bonchev–Trinajstić information content (AvgIpc) is 3.56. The van der Waals surface area contributed by atoms with Crippen molar-refractivity contribution in [2.45, 2.75) is 38.5 Å². The summed E-state index contributed by atoms with van der Waals surface area (Å²) in [6.07, 6.45) is -0.720. The first-order valence-electron chi connectivity index (χ1n) is 12.6. The van der Waals surface area contributed by atoms with Crippen LogP contribution < -0.4 is 9.47 Å². The lowest BCUT2D eigenvalue weighted by atomic mass is 9.98. The van der Waals surface area contributed by atoms with Crippen LogP contribution in [0.1, 0.15) is 48.2 Å². The molecular weight excluding hydrogens is 536 g/mol. The quantitative estimate of drug-likeness (QED) is 0.206. The highest BCUT2D eigenvalue weighted by molar-refractivity contribution is 6.30. The Labute approximate surface area is 236 Å². The standard InChI is InChI=1S/C28H27ClN6O5/c1-5-39-26(36)16-25-31-32-33-34(25)14-13-22-21-11-12-24(30-2)35(21)20-10-9-17(29)15-19(20)27(40-22)18-7-6-8-23(37-3)28(18)38-4/h6-12,15,22,27H,5,13-14,16H2,1,3-4H3/t22-,27-/m1/s1. The van der Waals surface area contributed by atoms with Crippen LogP contribution in [0.2, 0.25) is 5.02 Å². The van der Waals surface area contributed by atoms with Crippen LogP contribution in [-0.2, 0) is 27.2 Å². The van der Waals surface area contributed by atoms with E-state index in [0.29, 0.717) is 41.1 Å². The Balaban J connectivity index is 1.59. The van der Waals surface area contributed by atoms with Crippen molar-refractivity contribution in [3.05, 3.63) is 87.6 Å². The van der Waals surface area contributed by atoms with E-state index in [0.717, 1.165) is 22.5 Å². The first kappa shape index (κ1) is 27.2. The van der Waals surface area contributed by atoms with Crippen LogP contribution in [-0.4, -0.2) is 51.6 Å². The molecule has 0 unspecified atom stereocenters. The molecule has 3 heterocycles. The van der Waals surface area contributed by atoms with Gasteiger partial charge in [-0.1, -0.05) is 30.3 Å². The van der Waals surface area contributed by atoms with Gasteiger partial charge in [-0.05, 0) is 53.7 Å². The van der Waals surface area contributed by atoms with Gasteiger partial charge in [-0.3, -0.25) is 9.36 Å². The number of rotatable bonds is 9. The maximum absolute atomic E-state index is 12.1. The number of carbonyl (C=O) groups is 1. The van der Waals surface area contributed by atoms with Crippen molar-refractivity contribution in [2.75, 3.05) is 20.8 Å². The SMILES string of the molecule is [C-]#[N+]c1ccc2n1-c1ccc(Cl)cc1[C@@H](c1cccc(OC)c1OC)O[C@@H]2CCn1nnnc1CC(=O)OCC. The van der Waals surface area contributed by atoms with Gasteiger partial charge >= 0.3 is 5.97 Å². The zero-order chi connectivity index (χ0) is 28.2. The summed E-state index contributed by atoms with van der Waals surface area (Å²) in [6, 6.07) is 14.8. The van der Waals surface area contributed by atoms with Crippen LogP contribution in [0.4, 0.5) is 5.82 Å². The van der Waals surface area contributed by atoms with Gasteiger partial charge in [-0.2, -0.15) is 0 Å². The fraction of sp³-hybridized carbons (Fsp3) is 0.321. The van der Waals surface area contributed by atoms with Crippen LogP contribution in [0.5, 0.6) is 11.5 Å². The lowest BCUT2D eigenvalue weighted by Gasteiger charge is -2.24. The van der Waals surface area contributed by atoms with Crippen molar-refractivity contribution in [3.63, 3.8) is 0 Å². The van der Waals surface area contributed by atoms with E-state index < -0.39 is 18.2 Å². The highest BCUT2D eigenvalue weighted by atomic mass is 35.5. The summed E-state index contributed by atoms with van der Waals surface area (Å²) >= 11 is 6.49. The maximum atomic E-state index is 12.1. The molecule has 12 heteroatoms. The summed E-state index contributed by atoms with van der Waals surface area (Å²) in [4.78, 5) is 15.8. The molecule has 0 spiro atoms. The first-order chi connectivity index (χ1) is 19.5. The van der Waals surface area contributed by atoms with E-state index in [1.54, 1.807) is 38.0 Å². The molecule has 0 saturated heterocycles. The number of aryl methyl sites for hydroxylation is 1. The summed E-state index contributed by atoms with van der Waals surface area (Å²) in [7, 11) is 3.16. The molecule has 1 aliphatic heterocycles. The second-order valence-electron chi connectivity index (χ2n) is 8.94. The Morgan fingerprint density at radius 3 is 2.75 bits per heavy atom. The van der Waals surface area contributed by atoms with Crippen LogP contribution in [0, 0.1) is 6.57 Å². The predicted octanol–water partition coefficient (Wildman–Crippen LogP) is 5.04. The van der Waals surface area contributed by atoms with Gasteiger partial charge in [0.15, 0.2) is 17.3 Å². The molecule has 0 amide bonds. The molecule has 40 heavy (non-hydrogen) atoms. The second-order valence-corrected chi connectivity index (χ2v) is 9.38. The molecule has 5 rings (SSSR count). The Hall–Kier alpha value is -4.40. The number of halogens is 1. The monoisotopic (exact) mass is 562 g/mol. The van der Waals surface area contributed by atoms with Gasteiger partial charge in [-0.25, -0.2) is 4.68 Å². The summed E-state index contributed by atoms with van der Waals surface area (Å²) in [5, 5.41) is 12.4. The maximum Gasteiger partial charge on any atom is 0.313 e. The van der Waals surface area contributed by atoms with Gasteiger partial charge in [0, 0.05) is 29.1 Å². The Morgan fingerprint density at radius 1 is 1.15 bits per heavy atom. The number of ether oxygens (including phenoxy) is 4. The van der Waals surface area contributed by atoms with Gasteiger partial charge in [0.25, 0.3) is 0 Å². The number of carbonyl (C=O) groups excluding carboxylic acids is 1. The minimum Gasteiger partial charge on any atom is -0.493 e. The zero-order valence-electron chi connectivity index (χ0n) is 22.2. The summed E-state index contributed by atoms with van der Waals surface area (Å²) < 4.78 is 26.7. The molecule has 0 N–H and O–H groups in total. The molecule has 2 aromatic carbocycles. The molecule has 0 aliphatic carbocycles. The summed E-state index contributed by atoms with van der Waals surface area (Å²) in [5.41, 5.74) is 3.09. The largest absolute Gasteiger partial charge is 0.493 e. The predicted molar refractivity (Wildman–Crippen MR) is 145 cm³/mol. The highest BCUT2D eigenvalue weighted by Crippen LogP contribution is 2.47. The van der Waals surface area contributed by atoms with E-state index in [1.165, 1.54) is 0 Å². The third-order valence-electron chi connectivity index (χ3n) is 6.68. The molecule has 0 saturated carbocycles. The van der Waals surface area contributed by atoms with E-state index in [1.807, 2.05) is 41.0 Å². The van der Waals surface area contributed by atoms with Crippen molar-refractivity contribution in [1.82, 2.24) is 24.8 Å². The van der Waals surface area contributed by atoms with Gasteiger partial charge in [-0.15, -0.1) is 5.10 Å². The molecular formula is C28H27ClN6O5. The van der Waals surface area contributed by atoms with E-state index in [2.05, 4.69) is 20.4 Å². The number of aromatic nitrogens is 5. The first-order valence-corrected chi connectivity index (χ1v) is 13.0. The normalized spacial score (nSPS) is 15.9. The lowest BCUT2D eigenvalue weighted by molar-refractivity contribution is -0.142. The number of hydrogen-bond acceptors (Lipinski definition) is 8. The molecule has 4 aromatic rings. The molecule has 0 bridgehead atoms. The second kappa shape index (κ2) is 11.8. The number of nitrogens with zero attached hydrogens (tertiary/aromatic N) is 6. The molecule has 206 valence electrons. The molecule has 2 atom stereocenters. The van der Waals surface area contributed by atoms with Crippen molar-refractivity contribution in [2.24, 2.45) is 0 Å². The van der Waals surface area contributed by atoms with Gasteiger partial charge in [0.1, 0.15) is 30.0 Å².